The number of nitrogens with zero attached hydrogens (tertiary/aromatic N) is 6. The molecule has 0 atom stereocenters. The SMILES string of the molecule is FC(F)(F)c1nc(-c2cnc(N3CCN(Cc4ccc5ccccc5c4)CC3)nc2)no1. The quantitative estimate of drug-likeness (QED) is 0.475. The van der Waals surface area contributed by atoms with E-state index in [2.05, 4.69) is 64.8 Å². The molecule has 2 aromatic heterocycles. The molecule has 1 saturated heterocycles. The minimum absolute atomic E-state index is 0.191. The number of fused-ring (bicyclic) bond motifs is 1. The van der Waals surface area contributed by atoms with E-state index < -0.39 is 12.1 Å². The van der Waals surface area contributed by atoms with E-state index in [0.717, 1.165) is 32.7 Å². The molecule has 0 N–H and O–H groups in total. The lowest BCUT2D eigenvalue weighted by molar-refractivity contribution is -0.159. The van der Waals surface area contributed by atoms with Crippen LogP contribution in [0.5, 0.6) is 0 Å². The van der Waals surface area contributed by atoms with E-state index in [4.69, 9.17) is 0 Å². The maximum Gasteiger partial charge on any atom is 0.471 e. The Morgan fingerprint density at radius 3 is 2.31 bits per heavy atom. The number of hydrogen-bond donors (Lipinski definition) is 0. The summed E-state index contributed by atoms with van der Waals surface area (Å²) in [5.74, 6) is -1.05. The van der Waals surface area contributed by atoms with Gasteiger partial charge in [0, 0.05) is 45.1 Å². The Morgan fingerprint density at radius 2 is 1.62 bits per heavy atom. The molecular formula is C22H19F3N6O. The summed E-state index contributed by atoms with van der Waals surface area (Å²) < 4.78 is 42.1. The smallest absolute Gasteiger partial charge is 0.338 e. The second kappa shape index (κ2) is 8.19. The van der Waals surface area contributed by atoms with Gasteiger partial charge in [-0.25, -0.2) is 9.97 Å². The molecule has 32 heavy (non-hydrogen) atoms. The van der Waals surface area contributed by atoms with Crippen molar-refractivity contribution in [1.29, 1.82) is 0 Å². The van der Waals surface area contributed by atoms with Gasteiger partial charge in [0.2, 0.25) is 11.8 Å². The van der Waals surface area contributed by atoms with Crippen molar-refractivity contribution in [3.05, 3.63) is 66.3 Å². The van der Waals surface area contributed by atoms with Crippen LogP contribution >= 0.6 is 0 Å². The number of piperazine rings is 1. The molecule has 0 amide bonds. The zero-order valence-corrected chi connectivity index (χ0v) is 17.0. The first-order valence-corrected chi connectivity index (χ1v) is 10.1. The molecule has 3 heterocycles. The average Bonchev–Trinajstić information content (AvgIpc) is 3.31. The van der Waals surface area contributed by atoms with E-state index in [0.29, 0.717) is 5.95 Å². The predicted molar refractivity (Wildman–Crippen MR) is 112 cm³/mol. The average molecular weight is 440 g/mol. The lowest BCUT2D eigenvalue weighted by Gasteiger charge is -2.34. The second-order valence-electron chi connectivity index (χ2n) is 7.64. The van der Waals surface area contributed by atoms with Gasteiger partial charge in [-0.05, 0) is 22.4 Å². The summed E-state index contributed by atoms with van der Waals surface area (Å²) in [6, 6.07) is 14.9. The fourth-order valence-electron chi connectivity index (χ4n) is 3.76. The Balaban J connectivity index is 1.20. The van der Waals surface area contributed by atoms with Crippen LogP contribution in [0.2, 0.25) is 0 Å². The predicted octanol–water partition coefficient (Wildman–Crippen LogP) is 4.02. The second-order valence-corrected chi connectivity index (χ2v) is 7.64. The summed E-state index contributed by atoms with van der Waals surface area (Å²) in [5, 5.41) is 5.83. The highest BCUT2D eigenvalue weighted by Crippen LogP contribution is 2.29. The van der Waals surface area contributed by atoms with Crippen molar-refractivity contribution in [2.75, 3.05) is 31.1 Å². The van der Waals surface area contributed by atoms with Gasteiger partial charge >= 0.3 is 12.1 Å². The van der Waals surface area contributed by atoms with E-state index in [1.54, 1.807) is 0 Å². The molecule has 0 bridgehead atoms. The van der Waals surface area contributed by atoms with Crippen LogP contribution in [0, 0.1) is 0 Å². The maximum absolute atomic E-state index is 12.6. The molecule has 1 fully saturated rings. The largest absolute Gasteiger partial charge is 0.471 e. The fraction of sp³-hybridized carbons (Fsp3) is 0.273. The summed E-state index contributed by atoms with van der Waals surface area (Å²) in [6.07, 6.45) is -1.86. The maximum atomic E-state index is 12.6. The van der Waals surface area contributed by atoms with E-state index in [1.165, 1.54) is 28.7 Å². The monoisotopic (exact) mass is 440 g/mol. The third kappa shape index (κ3) is 4.26. The molecule has 164 valence electrons. The number of halogens is 3. The molecule has 10 heteroatoms. The summed E-state index contributed by atoms with van der Waals surface area (Å²) in [6.45, 7) is 4.11. The Kier molecular flexibility index (Phi) is 5.22. The van der Waals surface area contributed by atoms with Gasteiger partial charge in [0.15, 0.2) is 0 Å². The van der Waals surface area contributed by atoms with E-state index in [1.807, 2.05) is 12.1 Å². The molecule has 1 aliphatic rings. The van der Waals surface area contributed by atoms with Crippen molar-refractivity contribution in [3.8, 4) is 11.4 Å². The number of benzene rings is 2. The summed E-state index contributed by atoms with van der Waals surface area (Å²) in [7, 11) is 0. The van der Waals surface area contributed by atoms with Gasteiger partial charge in [-0.1, -0.05) is 41.6 Å². The van der Waals surface area contributed by atoms with Crippen LogP contribution in [0.25, 0.3) is 22.2 Å². The van der Waals surface area contributed by atoms with Gasteiger partial charge in [0.1, 0.15) is 0 Å². The Morgan fingerprint density at radius 1 is 0.906 bits per heavy atom. The number of rotatable bonds is 4. The van der Waals surface area contributed by atoms with Crippen molar-refractivity contribution in [3.63, 3.8) is 0 Å². The van der Waals surface area contributed by atoms with Crippen LogP contribution in [0.4, 0.5) is 19.1 Å². The fourth-order valence-corrected chi connectivity index (χ4v) is 3.76. The molecule has 1 aliphatic heterocycles. The normalized spacial score (nSPS) is 15.4. The molecule has 0 saturated carbocycles. The van der Waals surface area contributed by atoms with Crippen molar-refractivity contribution in [2.45, 2.75) is 12.7 Å². The minimum atomic E-state index is -4.68. The molecule has 5 rings (SSSR count). The molecule has 4 aromatic rings. The highest BCUT2D eigenvalue weighted by atomic mass is 19.4. The van der Waals surface area contributed by atoms with Gasteiger partial charge in [0.05, 0.1) is 5.56 Å². The van der Waals surface area contributed by atoms with Gasteiger partial charge in [-0.2, -0.15) is 18.2 Å². The summed E-state index contributed by atoms with van der Waals surface area (Å²) >= 11 is 0. The van der Waals surface area contributed by atoms with E-state index in [-0.39, 0.29) is 11.4 Å². The highest BCUT2D eigenvalue weighted by Gasteiger charge is 2.38. The van der Waals surface area contributed by atoms with Crippen LogP contribution in [-0.4, -0.2) is 51.2 Å². The minimum Gasteiger partial charge on any atom is -0.338 e. The molecular weight excluding hydrogens is 421 g/mol. The third-order valence-corrected chi connectivity index (χ3v) is 5.44. The van der Waals surface area contributed by atoms with Crippen molar-refractivity contribution < 1.29 is 17.7 Å². The zero-order valence-electron chi connectivity index (χ0n) is 17.0. The first kappa shape index (κ1) is 20.4. The van der Waals surface area contributed by atoms with Gasteiger partial charge in [-0.15, -0.1) is 0 Å². The van der Waals surface area contributed by atoms with Crippen molar-refractivity contribution >= 4 is 16.7 Å². The van der Waals surface area contributed by atoms with E-state index in [9.17, 15) is 13.2 Å². The third-order valence-electron chi connectivity index (χ3n) is 5.44. The lowest BCUT2D eigenvalue weighted by atomic mass is 10.1. The van der Waals surface area contributed by atoms with Crippen molar-refractivity contribution in [1.82, 2.24) is 25.0 Å². The first-order valence-electron chi connectivity index (χ1n) is 10.1. The van der Waals surface area contributed by atoms with Crippen LogP contribution < -0.4 is 4.90 Å². The lowest BCUT2D eigenvalue weighted by Crippen LogP contribution is -2.46. The topological polar surface area (TPSA) is 71.2 Å². The van der Waals surface area contributed by atoms with Gasteiger partial charge in [-0.3, -0.25) is 4.90 Å². The van der Waals surface area contributed by atoms with Gasteiger partial charge < -0.3 is 9.42 Å². The van der Waals surface area contributed by atoms with Gasteiger partial charge in [0.25, 0.3) is 0 Å². The Bertz CT molecular complexity index is 1220. The number of hydrogen-bond acceptors (Lipinski definition) is 7. The molecule has 2 aromatic carbocycles. The Hall–Kier alpha value is -3.53. The van der Waals surface area contributed by atoms with Crippen LogP contribution in [-0.2, 0) is 12.7 Å². The molecule has 7 nitrogen and oxygen atoms in total. The number of anilines is 1. The zero-order chi connectivity index (χ0) is 22.1. The number of aromatic nitrogens is 4. The summed E-state index contributed by atoms with van der Waals surface area (Å²) in [5.41, 5.74) is 1.54. The van der Waals surface area contributed by atoms with Crippen LogP contribution in [0.1, 0.15) is 11.5 Å². The van der Waals surface area contributed by atoms with E-state index >= 15 is 0 Å². The van der Waals surface area contributed by atoms with Crippen molar-refractivity contribution in [2.24, 2.45) is 0 Å². The first-order chi connectivity index (χ1) is 15.5. The van der Waals surface area contributed by atoms with Crippen LogP contribution in [0.15, 0.2) is 59.4 Å². The molecule has 0 unspecified atom stereocenters. The molecule has 0 aliphatic carbocycles. The Labute approximate surface area is 181 Å². The molecule has 0 spiro atoms. The molecule has 0 radical (unpaired) electrons. The highest BCUT2D eigenvalue weighted by molar-refractivity contribution is 5.82. The number of alkyl halides is 3. The van der Waals surface area contributed by atoms with Crippen LogP contribution in [0.3, 0.4) is 0 Å². The summed E-state index contributed by atoms with van der Waals surface area (Å²) in [4.78, 5) is 16.4. The standard InChI is InChI=1S/C22H19F3N6O/c23-22(24,25)20-28-19(29-32-20)18-12-26-21(27-13-18)31-9-7-30(8-10-31)14-15-5-6-16-3-1-2-4-17(16)11-15/h1-6,11-13H,7-10,14H2.